The second kappa shape index (κ2) is 9.13. The highest BCUT2D eigenvalue weighted by molar-refractivity contribution is 7.15. The van der Waals surface area contributed by atoms with Crippen molar-refractivity contribution in [1.29, 1.82) is 0 Å². The highest BCUT2D eigenvalue weighted by Crippen LogP contribution is 2.25. The van der Waals surface area contributed by atoms with Crippen molar-refractivity contribution in [1.82, 2.24) is 14.3 Å². The van der Waals surface area contributed by atoms with Crippen molar-refractivity contribution in [2.45, 2.75) is 59.5 Å². The molecule has 31 heavy (non-hydrogen) atoms. The number of carbonyl (C=O) groups is 1. The third-order valence-corrected chi connectivity index (χ3v) is 6.64. The van der Waals surface area contributed by atoms with Gasteiger partial charge in [0, 0.05) is 55.4 Å². The molecule has 0 saturated carbocycles. The summed E-state index contributed by atoms with van der Waals surface area (Å²) in [5, 5.41) is 2.17. The maximum Gasteiger partial charge on any atom is 0.223 e. The zero-order valence-corrected chi connectivity index (χ0v) is 19.9. The van der Waals surface area contributed by atoms with Gasteiger partial charge in [-0.2, -0.15) is 0 Å². The Balaban J connectivity index is 1.49. The van der Waals surface area contributed by atoms with Crippen molar-refractivity contribution in [2.75, 3.05) is 19.7 Å². The van der Waals surface area contributed by atoms with Crippen LogP contribution in [0, 0.1) is 12.3 Å². The molecule has 3 aromatic rings. The van der Waals surface area contributed by atoms with E-state index in [0.29, 0.717) is 19.5 Å². The first kappa shape index (κ1) is 22.0. The predicted molar refractivity (Wildman–Crippen MR) is 127 cm³/mol. The number of hydrogen-bond acceptors (Lipinski definition) is 4. The van der Waals surface area contributed by atoms with E-state index in [1.54, 1.807) is 11.3 Å². The molecular weight excluding hydrogens is 406 g/mol. The molecule has 0 bridgehead atoms. The van der Waals surface area contributed by atoms with Gasteiger partial charge in [-0.3, -0.25) is 9.20 Å². The number of aromatic nitrogens is 2. The van der Waals surface area contributed by atoms with E-state index in [2.05, 4.69) is 67.9 Å². The third-order valence-electron chi connectivity index (χ3n) is 5.75. The Kier molecular flexibility index (Phi) is 6.49. The monoisotopic (exact) mass is 439 g/mol. The molecule has 0 aliphatic carbocycles. The third kappa shape index (κ3) is 5.55. The van der Waals surface area contributed by atoms with Crippen molar-refractivity contribution in [2.24, 2.45) is 5.41 Å². The van der Waals surface area contributed by atoms with E-state index in [-0.39, 0.29) is 17.4 Å². The van der Waals surface area contributed by atoms with Crippen LogP contribution in [-0.2, 0) is 16.0 Å². The van der Waals surface area contributed by atoms with Gasteiger partial charge in [-0.25, -0.2) is 4.98 Å². The van der Waals surface area contributed by atoms with Crippen LogP contribution in [0.1, 0.15) is 51.3 Å². The Morgan fingerprint density at radius 3 is 2.74 bits per heavy atom. The van der Waals surface area contributed by atoms with Crippen LogP contribution in [0.3, 0.4) is 0 Å². The molecule has 5 nitrogen and oxygen atoms in total. The van der Waals surface area contributed by atoms with Crippen LogP contribution < -0.4 is 0 Å². The van der Waals surface area contributed by atoms with E-state index in [4.69, 9.17) is 9.72 Å². The van der Waals surface area contributed by atoms with Crippen molar-refractivity contribution >= 4 is 22.2 Å². The van der Waals surface area contributed by atoms with E-state index >= 15 is 0 Å². The van der Waals surface area contributed by atoms with E-state index in [9.17, 15) is 4.79 Å². The quantitative estimate of drug-likeness (QED) is 0.498. The van der Waals surface area contributed by atoms with Crippen LogP contribution >= 0.6 is 11.3 Å². The van der Waals surface area contributed by atoms with Crippen LogP contribution in [0.15, 0.2) is 35.8 Å². The van der Waals surface area contributed by atoms with Crippen LogP contribution in [0.25, 0.3) is 16.2 Å². The summed E-state index contributed by atoms with van der Waals surface area (Å²) in [5.41, 5.74) is 4.55. The lowest BCUT2D eigenvalue weighted by molar-refractivity contribution is -0.134. The van der Waals surface area contributed by atoms with Gasteiger partial charge in [0.15, 0.2) is 4.96 Å². The molecular formula is C25H33N3O2S. The summed E-state index contributed by atoms with van der Waals surface area (Å²) in [4.78, 5) is 20.9. The molecule has 1 amide bonds. The standard InChI is InChI=1S/C25H33N3O2S/c1-18-7-9-19(10-8-18)22-16-28-20(17-31-24(28)26-22)11-12-27(15-21-6-5-13-30-21)23(29)14-25(2,3)4/h7-10,16-17,21H,5-6,11-15H2,1-4H3. The maximum absolute atomic E-state index is 13.0. The van der Waals surface area contributed by atoms with Crippen LogP contribution in [0.4, 0.5) is 0 Å². The second-order valence-corrected chi connectivity index (χ2v) is 10.7. The zero-order chi connectivity index (χ0) is 22.0. The number of ether oxygens (including phenoxy) is 1. The number of imidazole rings is 1. The minimum absolute atomic E-state index is 0.0190. The summed E-state index contributed by atoms with van der Waals surface area (Å²) < 4.78 is 8.00. The van der Waals surface area contributed by atoms with Gasteiger partial charge in [0.2, 0.25) is 5.91 Å². The number of fused-ring (bicyclic) bond motifs is 1. The highest BCUT2D eigenvalue weighted by Gasteiger charge is 2.26. The average molecular weight is 440 g/mol. The SMILES string of the molecule is Cc1ccc(-c2cn3c(CCN(CC4CCCO4)C(=O)CC(C)(C)C)csc3n2)cc1. The summed E-state index contributed by atoms with van der Waals surface area (Å²) in [5.74, 6) is 0.223. The smallest absolute Gasteiger partial charge is 0.223 e. The molecule has 1 saturated heterocycles. The maximum atomic E-state index is 13.0. The Bertz CT molecular complexity index is 1020. The predicted octanol–water partition coefficient (Wildman–Crippen LogP) is 5.36. The molecule has 1 fully saturated rings. The van der Waals surface area contributed by atoms with E-state index in [1.807, 2.05) is 4.90 Å². The number of carbonyl (C=O) groups excluding carboxylic acids is 1. The van der Waals surface area contributed by atoms with Gasteiger partial charge in [-0.05, 0) is 25.2 Å². The highest BCUT2D eigenvalue weighted by atomic mass is 32.1. The van der Waals surface area contributed by atoms with Gasteiger partial charge >= 0.3 is 0 Å². The minimum Gasteiger partial charge on any atom is -0.376 e. The zero-order valence-electron chi connectivity index (χ0n) is 19.1. The normalized spacial score (nSPS) is 16.8. The summed E-state index contributed by atoms with van der Waals surface area (Å²) in [6.45, 7) is 10.7. The van der Waals surface area contributed by atoms with E-state index in [1.165, 1.54) is 11.3 Å². The molecule has 1 aliphatic heterocycles. The minimum atomic E-state index is -0.0190. The van der Waals surface area contributed by atoms with Crippen LogP contribution in [0.2, 0.25) is 0 Å². The molecule has 1 unspecified atom stereocenters. The second-order valence-electron chi connectivity index (χ2n) is 9.83. The van der Waals surface area contributed by atoms with Gasteiger partial charge < -0.3 is 9.64 Å². The molecule has 166 valence electrons. The van der Waals surface area contributed by atoms with Gasteiger partial charge in [-0.1, -0.05) is 50.6 Å². The van der Waals surface area contributed by atoms with E-state index < -0.39 is 0 Å². The first-order valence-corrected chi connectivity index (χ1v) is 12.1. The largest absolute Gasteiger partial charge is 0.376 e. The Morgan fingerprint density at radius 1 is 1.29 bits per heavy atom. The van der Waals surface area contributed by atoms with Crippen LogP contribution in [-0.4, -0.2) is 46.0 Å². The molecule has 4 rings (SSSR count). The number of nitrogens with zero attached hydrogens (tertiary/aromatic N) is 3. The number of thiazole rings is 1. The Labute approximate surface area is 189 Å². The lowest BCUT2D eigenvalue weighted by atomic mass is 9.91. The summed E-state index contributed by atoms with van der Waals surface area (Å²) >= 11 is 1.66. The number of aryl methyl sites for hydroxylation is 1. The number of rotatable bonds is 7. The number of hydrogen-bond donors (Lipinski definition) is 0. The Morgan fingerprint density at radius 2 is 2.06 bits per heavy atom. The van der Waals surface area contributed by atoms with Crippen molar-refractivity contribution in [3.8, 4) is 11.3 Å². The molecule has 0 radical (unpaired) electrons. The number of amides is 1. The summed E-state index contributed by atoms with van der Waals surface area (Å²) in [7, 11) is 0. The molecule has 6 heteroatoms. The summed E-state index contributed by atoms with van der Waals surface area (Å²) in [6, 6.07) is 8.48. The first-order chi connectivity index (χ1) is 14.8. The van der Waals surface area contributed by atoms with Crippen molar-refractivity contribution < 1.29 is 9.53 Å². The summed E-state index contributed by atoms with van der Waals surface area (Å²) in [6.07, 6.45) is 5.80. The van der Waals surface area contributed by atoms with Gasteiger partial charge in [0.25, 0.3) is 0 Å². The molecule has 1 atom stereocenters. The molecule has 1 aliphatic rings. The lowest BCUT2D eigenvalue weighted by Gasteiger charge is -2.28. The molecule has 0 spiro atoms. The topological polar surface area (TPSA) is 46.8 Å². The fourth-order valence-electron chi connectivity index (χ4n) is 4.04. The van der Waals surface area contributed by atoms with E-state index in [0.717, 1.165) is 42.1 Å². The van der Waals surface area contributed by atoms with Gasteiger partial charge in [0.05, 0.1) is 11.8 Å². The van der Waals surface area contributed by atoms with Crippen molar-refractivity contribution in [3.05, 3.63) is 47.1 Å². The average Bonchev–Trinajstić information content (AvgIpc) is 3.42. The lowest BCUT2D eigenvalue weighted by Crippen LogP contribution is -2.40. The Hall–Kier alpha value is -2.18. The molecule has 3 heterocycles. The fraction of sp³-hybridized carbons (Fsp3) is 0.520. The molecule has 0 N–H and O–H groups in total. The van der Waals surface area contributed by atoms with Gasteiger partial charge in [0.1, 0.15) is 0 Å². The fourth-order valence-corrected chi connectivity index (χ4v) is 4.95. The van der Waals surface area contributed by atoms with Crippen molar-refractivity contribution in [3.63, 3.8) is 0 Å². The van der Waals surface area contributed by atoms with Crippen LogP contribution in [0.5, 0.6) is 0 Å². The first-order valence-electron chi connectivity index (χ1n) is 11.2. The number of benzene rings is 1. The van der Waals surface area contributed by atoms with Gasteiger partial charge in [-0.15, -0.1) is 11.3 Å². The molecule has 1 aromatic carbocycles. The molecule has 2 aromatic heterocycles.